The summed E-state index contributed by atoms with van der Waals surface area (Å²) in [5, 5.41) is 3.05. The summed E-state index contributed by atoms with van der Waals surface area (Å²) in [5.41, 5.74) is 1.67. The van der Waals surface area contributed by atoms with Gasteiger partial charge in [-0.3, -0.25) is 0 Å². The van der Waals surface area contributed by atoms with Crippen LogP contribution in [0.25, 0.3) is 0 Å². The second-order valence-electron chi connectivity index (χ2n) is 3.83. The molecule has 0 unspecified atom stereocenters. The van der Waals surface area contributed by atoms with E-state index in [0.29, 0.717) is 12.2 Å². The molecule has 0 bridgehead atoms. The van der Waals surface area contributed by atoms with Crippen LogP contribution >= 0.6 is 11.8 Å². The van der Waals surface area contributed by atoms with Crippen molar-refractivity contribution < 1.29 is 8.78 Å². The maximum atomic E-state index is 13.0. The Labute approximate surface area is 109 Å². The number of rotatable bonds is 4. The fourth-order valence-electron chi connectivity index (χ4n) is 1.55. The van der Waals surface area contributed by atoms with Crippen LogP contribution < -0.4 is 5.32 Å². The molecule has 0 aromatic heterocycles. The van der Waals surface area contributed by atoms with E-state index in [1.54, 1.807) is 11.8 Å². The van der Waals surface area contributed by atoms with Gasteiger partial charge in [0, 0.05) is 23.2 Å². The lowest BCUT2D eigenvalue weighted by Crippen LogP contribution is -2.00. The molecule has 2 rings (SSSR count). The Morgan fingerprint density at radius 3 is 2.33 bits per heavy atom. The van der Waals surface area contributed by atoms with Crippen molar-refractivity contribution in [3.05, 3.63) is 59.7 Å². The molecule has 18 heavy (non-hydrogen) atoms. The number of hydrogen-bond acceptors (Lipinski definition) is 2. The second-order valence-corrected chi connectivity index (χ2v) is 4.71. The summed E-state index contributed by atoms with van der Waals surface area (Å²) in [5.74, 6) is -1.66. The number of halogens is 2. The van der Waals surface area contributed by atoms with E-state index in [0.717, 1.165) is 17.7 Å². The first-order valence-corrected chi connectivity index (χ1v) is 6.73. The van der Waals surface area contributed by atoms with Gasteiger partial charge in [-0.1, -0.05) is 12.1 Å². The van der Waals surface area contributed by atoms with Crippen LogP contribution in [0.2, 0.25) is 0 Å². The van der Waals surface area contributed by atoms with E-state index in [1.165, 1.54) is 11.0 Å². The molecule has 2 aromatic rings. The molecule has 1 nitrogen and oxygen atoms in total. The first kappa shape index (κ1) is 12.9. The third-order valence-electron chi connectivity index (χ3n) is 2.58. The first-order chi connectivity index (χ1) is 8.69. The summed E-state index contributed by atoms with van der Waals surface area (Å²) in [6.07, 6.45) is 2.02. The van der Waals surface area contributed by atoms with Gasteiger partial charge in [0.2, 0.25) is 0 Å². The van der Waals surface area contributed by atoms with Crippen LogP contribution in [0.5, 0.6) is 0 Å². The predicted molar refractivity (Wildman–Crippen MR) is 71.9 cm³/mol. The van der Waals surface area contributed by atoms with Crippen molar-refractivity contribution in [2.45, 2.75) is 11.4 Å². The number of thioether (sulfide) groups is 1. The molecule has 0 atom stereocenters. The van der Waals surface area contributed by atoms with Gasteiger partial charge in [-0.15, -0.1) is 11.8 Å². The molecule has 0 aliphatic heterocycles. The van der Waals surface area contributed by atoms with Crippen LogP contribution in [-0.2, 0) is 6.54 Å². The fraction of sp³-hybridized carbons (Fsp3) is 0.143. The fourth-order valence-corrected chi connectivity index (χ4v) is 1.96. The van der Waals surface area contributed by atoms with Crippen LogP contribution in [0.4, 0.5) is 14.5 Å². The molecule has 0 saturated heterocycles. The summed E-state index contributed by atoms with van der Waals surface area (Å²) in [4.78, 5) is 1.20. The van der Waals surface area contributed by atoms with E-state index in [-0.39, 0.29) is 0 Å². The highest BCUT2D eigenvalue weighted by Crippen LogP contribution is 2.17. The summed E-state index contributed by atoms with van der Waals surface area (Å²) in [7, 11) is 0. The van der Waals surface area contributed by atoms with Gasteiger partial charge < -0.3 is 5.32 Å². The molecular weight excluding hydrogens is 252 g/mol. The van der Waals surface area contributed by atoms with Gasteiger partial charge in [0.25, 0.3) is 0 Å². The third kappa shape index (κ3) is 3.23. The highest BCUT2D eigenvalue weighted by molar-refractivity contribution is 7.98. The Kier molecular flexibility index (Phi) is 4.20. The molecule has 0 fully saturated rings. The zero-order chi connectivity index (χ0) is 13.0. The number of anilines is 1. The monoisotopic (exact) mass is 265 g/mol. The highest BCUT2D eigenvalue weighted by atomic mass is 32.2. The van der Waals surface area contributed by atoms with Crippen LogP contribution in [0.15, 0.2) is 47.4 Å². The van der Waals surface area contributed by atoms with Gasteiger partial charge in [-0.25, -0.2) is 8.78 Å². The molecule has 0 heterocycles. The number of benzene rings is 2. The lowest BCUT2D eigenvalue weighted by Gasteiger charge is -2.07. The Bertz CT molecular complexity index is 526. The highest BCUT2D eigenvalue weighted by Gasteiger charge is 2.02. The van der Waals surface area contributed by atoms with Gasteiger partial charge in [0.05, 0.1) is 0 Å². The molecule has 0 radical (unpaired) electrons. The van der Waals surface area contributed by atoms with E-state index in [1.807, 2.05) is 30.5 Å². The molecule has 2 aromatic carbocycles. The zero-order valence-electron chi connectivity index (χ0n) is 9.91. The van der Waals surface area contributed by atoms with Gasteiger partial charge >= 0.3 is 0 Å². The van der Waals surface area contributed by atoms with E-state index < -0.39 is 11.6 Å². The Hall–Kier alpha value is -1.55. The topological polar surface area (TPSA) is 12.0 Å². The average molecular weight is 265 g/mol. The lowest BCUT2D eigenvalue weighted by atomic mass is 10.2. The Morgan fingerprint density at radius 2 is 1.72 bits per heavy atom. The minimum Gasteiger partial charge on any atom is -0.381 e. The van der Waals surface area contributed by atoms with Crippen LogP contribution in [0.3, 0.4) is 0 Å². The smallest absolute Gasteiger partial charge is 0.160 e. The molecule has 0 saturated carbocycles. The van der Waals surface area contributed by atoms with E-state index in [9.17, 15) is 8.78 Å². The van der Waals surface area contributed by atoms with Crippen LogP contribution in [-0.4, -0.2) is 6.26 Å². The first-order valence-electron chi connectivity index (χ1n) is 5.51. The summed E-state index contributed by atoms with van der Waals surface area (Å²) in [6.45, 7) is 0.583. The van der Waals surface area contributed by atoms with Crippen molar-refractivity contribution in [1.29, 1.82) is 0 Å². The average Bonchev–Trinajstić information content (AvgIpc) is 2.41. The maximum Gasteiger partial charge on any atom is 0.160 e. The van der Waals surface area contributed by atoms with Crippen molar-refractivity contribution >= 4 is 17.4 Å². The zero-order valence-corrected chi connectivity index (χ0v) is 10.7. The van der Waals surface area contributed by atoms with E-state index in [4.69, 9.17) is 0 Å². The van der Waals surface area contributed by atoms with Gasteiger partial charge in [0.1, 0.15) is 0 Å². The number of hydrogen-bond donors (Lipinski definition) is 1. The predicted octanol–water partition coefficient (Wildman–Crippen LogP) is 4.30. The van der Waals surface area contributed by atoms with Gasteiger partial charge in [-0.05, 0) is 36.1 Å². The molecule has 1 N–H and O–H groups in total. The molecule has 0 amide bonds. The van der Waals surface area contributed by atoms with Crippen molar-refractivity contribution in [3.8, 4) is 0 Å². The van der Waals surface area contributed by atoms with Gasteiger partial charge in [-0.2, -0.15) is 0 Å². The summed E-state index contributed by atoms with van der Waals surface area (Å²) >= 11 is 1.68. The summed E-state index contributed by atoms with van der Waals surface area (Å²) < 4.78 is 25.7. The maximum absolute atomic E-state index is 13.0. The van der Waals surface area contributed by atoms with Crippen molar-refractivity contribution in [2.24, 2.45) is 0 Å². The normalized spacial score (nSPS) is 10.4. The molecule has 4 heteroatoms. The van der Waals surface area contributed by atoms with Crippen LogP contribution in [0.1, 0.15) is 5.56 Å². The van der Waals surface area contributed by atoms with E-state index in [2.05, 4.69) is 5.32 Å². The Morgan fingerprint density at radius 1 is 1.00 bits per heavy atom. The third-order valence-corrected chi connectivity index (χ3v) is 3.32. The largest absolute Gasteiger partial charge is 0.381 e. The second kappa shape index (κ2) is 5.87. The summed E-state index contributed by atoms with van der Waals surface area (Å²) in [6, 6.07) is 11.9. The SMILES string of the molecule is CSc1ccc(CNc2ccc(F)c(F)c2)cc1. The van der Waals surface area contributed by atoms with E-state index >= 15 is 0 Å². The van der Waals surface area contributed by atoms with Crippen molar-refractivity contribution in [1.82, 2.24) is 0 Å². The van der Waals surface area contributed by atoms with Crippen molar-refractivity contribution in [3.63, 3.8) is 0 Å². The molecule has 0 spiro atoms. The quantitative estimate of drug-likeness (QED) is 0.827. The molecule has 94 valence electrons. The standard InChI is InChI=1S/C14H13F2NS/c1-18-12-5-2-10(3-6-12)9-17-11-4-7-13(15)14(16)8-11/h2-8,17H,9H2,1H3. The minimum absolute atomic E-state index is 0.572. The van der Waals surface area contributed by atoms with Crippen molar-refractivity contribution in [2.75, 3.05) is 11.6 Å². The molecular formula is C14H13F2NS. The molecule has 0 aliphatic rings. The number of nitrogens with one attached hydrogen (secondary N) is 1. The Balaban J connectivity index is 1.99. The molecule has 0 aliphatic carbocycles. The minimum atomic E-state index is -0.835. The van der Waals surface area contributed by atoms with Crippen LogP contribution in [0, 0.1) is 11.6 Å². The van der Waals surface area contributed by atoms with Gasteiger partial charge in [0.15, 0.2) is 11.6 Å². The lowest BCUT2D eigenvalue weighted by molar-refractivity contribution is 0.509.